The van der Waals surface area contributed by atoms with Gasteiger partial charge in [-0.3, -0.25) is 14.5 Å². The number of piperidine rings is 1. The Morgan fingerprint density at radius 2 is 2.09 bits per heavy atom. The zero-order valence-corrected chi connectivity index (χ0v) is 12.9. The van der Waals surface area contributed by atoms with E-state index < -0.39 is 0 Å². The molecular formula is C16H23N3O3. The summed E-state index contributed by atoms with van der Waals surface area (Å²) >= 11 is 0. The third-order valence-electron chi connectivity index (χ3n) is 3.94. The highest BCUT2D eigenvalue weighted by Crippen LogP contribution is 2.17. The van der Waals surface area contributed by atoms with Gasteiger partial charge in [0.2, 0.25) is 11.8 Å². The van der Waals surface area contributed by atoms with E-state index in [9.17, 15) is 9.59 Å². The maximum absolute atomic E-state index is 12.2. The molecule has 0 unspecified atom stereocenters. The number of nitrogens with two attached hydrogens (primary N) is 1. The standard InChI is InChI=1S/C16H23N3O3/c1-22-14-4-2-3-12(9-14)10-18-16(21)13-5-7-19(8-6-13)11-15(17)20/h2-4,9,13H,5-8,10-11H2,1H3,(H2,17,20)(H,18,21). The first kappa shape index (κ1) is 16.3. The minimum Gasteiger partial charge on any atom is -0.497 e. The molecule has 22 heavy (non-hydrogen) atoms. The molecule has 2 amide bonds. The second kappa shape index (κ2) is 7.79. The van der Waals surface area contributed by atoms with Gasteiger partial charge in [0.1, 0.15) is 5.75 Å². The fraction of sp³-hybridized carbons (Fsp3) is 0.500. The largest absolute Gasteiger partial charge is 0.497 e. The van der Waals surface area contributed by atoms with Crippen LogP contribution in [0.3, 0.4) is 0 Å². The second-order valence-corrected chi connectivity index (χ2v) is 5.59. The zero-order valence-electron chi connectivity index (χ0n) is 12.9. The second-order valence-electron chi connectivity index (χ2n) is 5.59. The predicted molar refractivity (Wildman–Crippen MR) is 83.2 cm³/mol. The van der Waals surface area contributed by atoms with Gasteiger partial charge in [-0.25, -0.2) is 0 Å². The fourth-order valence-corrected chi connectivity index (χ4v) is 2.69. The van der Waals surface area contributed by atoms with Crippen LogP contribution < -0.4 is 15.8 Å². The van der Waals surface area contributed by atoms with Crippen molar-refractivity contribution < 1.29 is 14.3 Å². The molecule has 0 spiro atoms. The number of ether oxygens (including phenoxy) is 1. The summed E-state index contributed by atoms with van der Waals surface area (Å²) < 4.78 is 5.17. The monoisotopic (exact) mass is 305 g/mol. The van der Waals surface area contributed by atoms with E-state index in [0.29, 0.717) is 6.54 Å². The number of amides is 2. The lowest BCUT2D eigenvalue weighted by Crippen LogP contribution is -2.43. The Kier molecular flexibility index (Phi) is 5.77. The third-order valence-corrected chi connectivity index (χ3v) is 3.94. The lowest BCUT2D eigenvalue weighted by Gasteiger charge is -2.30. The first-order valence-corrected chi connectivity index (χ1v) is 7.50. The Hall–Kier alpha value is -2.08. The fourth-order valence-electron chi connectivity index (χ4n) is 2.69. The van der Waals surface area contributed by atoms with Crippen LogP contribution in [0.4, 0.5) is 0 Å². The molecule has 120 valence electrons. The van der Waals surface area contributed by atoms with Crippen molar-refractivity contribution in [3.8, 4) is 5.75 Å². The van der Waals surface area contributed by atoms with Crippen LogP contribution in [0.15, 0.2) is 24.3 Å². The lowest BCUT2D eigenvalue weighted by molar-refractivity contribution is -0.126. The van der Waals surface area contributed by atoms with Crippen molar-refractivity contribution in [3.63, 3.8) is 0 Å². The smallest absolute Gasteiger partial charge is 0.231 e. The molecule has 3 N–H and O–H groups in total. The van der Waals surface area contributed by atoms with Crippen LogP contribution >= 0.6 is 0 Å². The summed E-state index contributed by atoms with van der Waals surface area (Å²) in [6.07, 6.45) is 1.52. The molecular weight excluding hydrogens is 282 g/mol. The van der Waals surface area contributed by atoms with Gasteiger partial charge in [0.15, 0.2) is 0 Å². The number of nitrogens with one attached hydrogen (secondary N) is 1. The van der Waals surface area contributed by atoms with Gasteiger partial charge in [0.25, 0.3) is 0 Å². The van der Waals surface area contributed by atoms with Crippen molar-refractivity contribution in [3.05, 3.63) is 29.8 Å². The Balaban J connectivity index is 1.77. The summed E-state index contributed by atoms with van der Waals surface area (Å²) in [6, 6.07) is 7.65. The van der Waals surface area contributed by atoms with Gasteiger partial charge in [-0.1, -0.05) is 12.1 Å². The van der Waals surface area contributed by atoms with E-state index in [1.165, 1.54) is 0 Å². The Morgan fingerprint density at radius 1 is 1.36 bits per heavy atom. The first-order chi connectivity index (χ1) is 10.6. The molecule has 0 radical (unpaired) electrons. The maximum Gasteiger partial charge on any atom is 0.231 e. The van der Waals surface area contributed by atoms with Crippen molar-refractivity contribution in [2.45, 2.75) is 19.4 Å². The highest BCUT2D eigenvalue weighted by atomic mass is 16.5. The predicted octanol–water partition coefficient (Wildman–Crippen LogP) is 0.509. The van der Waals surface area contributed by atoms with Gasteiger partial charge in [0.05, 0.1) is 13.7 Å². The SMILES string of the molecule is COc1cccc(CNC(=O)C2CCN(CC(N)=O)CC2)c1. The van der Waals surface area contributed by atoms with Crippen LogP contribution in [0.2, 0.25) is 0 Å². The van der Waals surface area contributed by atoms with Crippen molar-refractivity contribution in [1.82, 2.24) is 10.2 Å². The highest BCUT2D eigenvalue weighted by molar-refractivity contribution is 5.79. The van der Waals surface area contributed by atoms with E-state index in [1.54, 1.807) is 7.11 Å². The average Bonchev–Trinajstić information content (AvgIpc) is 2.53. The molecule has 1 aliphatic heterocycles. The Bertz CT molecular complexity index is 525. The molecule has 0 saturated carbocycles. The number of hydrogen-bond acceptors (Lipinski definition) is 4. The van der Waals surface area contributed by atoms with E-state index in [-0.39, 0.29) is 24.3 Å². The van der Waals surface area contributed by atoms with Crippen LogP contribution in [0, 0.1) is 5.92 Å². The molecule has 0 aromatic heterocycles. The van der Waals surface area contributed by atoms with Gasteiger partial charge < -0.3 is 15.8 Å². The number of rotatable bonds is 6. The normalized spacial score (nSPS) is 16.2. The molecule has 1 fully saturated rings. The van der Waals surface area contributed by atoms with E-state index in [4.69, 9.17) is 10.5 Å². The Morgan fingerprint density at radius 3 is 2.73 bits per heavy atom. The quantitative estimate of drug-likeness (QED) is 0.802. The molecule has 0 bridgehead atoms. The third kappa shape index (κ3) is 4.73. The van der Waals surface area contributed by atoms with Crippen LogP contribution in [0.1, 0.15) is 18.4 Å². The number of benzene rings is 1. The van der Waals surface area contributed by atoms with E-state index in [0.717, 1.165) is 37.2 Å². The molecule has 6 nitrogen and oxygen atoms in total. The highest BCUT2D eigenvalue weighted by Gasteiger charge is 2.25. The van der Waals surface area contributed by atoms with Crippen molar-refractivity contribution in [2.24, 2.45) is 11.7 Å². The van der Waals surface area contributed by atoms with Crippen LogP contribution in [0.25, 0.3) is 0 Å². The molecule has 1 aromatic rings. The summed E-state index contributed by atoms with van der Waals surface area (Å²) in [5, 5.41) is 2.97. The van der Waals surface area contributed by atoms with Gasteiger partial charge in [0, 0.05) is 12.5 Å². The number of methoxy groups -OCH3 is 1. The summed E-state index contributed by atoms with van der Waals surface area (Å²) in [7, 11) is 1.62. The molecule has 2 rings (SSSR count). The van der Waals surface area contributed by atoms with Gasteiger partial charge in [-0.2, -0.15) is 0 Å². The number of nitrogens with zero attached hydrogens (tertiary/aromatic N) is 1. The summed E-state index contributed by atoms with van der Waals surface area (Å²) in [5.41, 5.74) is 6.20. The molecule has 1 aromatic carbocycles. The van der Waals surface area contributed by atoms with E-state index in [1.807, 2.05) is 29.2 Å². The summed E-state index contributed by atoms with van der Waals surface area (Å²) in [5.74, 6) is 0.545. The molecule has 1 heterocycles. The number of likely N-dealkylation sites (tertiary alicyclic amines) is 1. The minimum atomic E-state index is -0.319. The van der Waals surface area contributed by atoms with Crippen LogP contribution in [-0.2, 0) is 16.1 Å². The Labute approximate surface area is 130 Å². The topological polar surface area (TPSA) is 84.7 Å². The molecule has 1 saturated heterocycles. The number of carbonyl (C=O) groups excluding carboxylic acids is 2. The molecule has 0 atom stereocenters. The van der Waals surface area contributed by atoms with Crippen molar-refractivity contribution in [2.75, 3.05) is 26.7 Å². The minimum absolute atomic E-state index is 0.00901. The first-order valence-electron chi connectivity index (χ1n) is 7.50. The molecule has 6 heteroatoms. The summed E-state index contributed by atoms with van der Waals surface area (Å²) in [4.78, 5) is 25.1. The van der Waals surface area contributed by atoms with Crippen molar-refractivity contribution in [1.29, 1.82) is 0 Å². The maximum atomic E-state index is 12.2. The van der Waals surface area contributed by atoms with Gasteiger partial charge >= 0.3 is 0 Å². The number of primary amides is 1. The zero-order chi connectivity index (χ0) is 15.9. The van der Waals surface area contributed by atoms with Gasteiger partial charge in [-0.15, -0.1) is 0 Å². The van der Waals surface area contributed by atoms with Gasteiger partial charge in [-0.05, 0) is 43.6 Å². The number of carbonyl (C=O) groups is 2. The lowest BCUT2D eigenvalue weighted by atomic mass is 9.96. The van der Waals surface area contributed by atoms with Crippen LogP contribution in [-0.4, -0.2) is 43.5 Å². The molecule has 1 aliphatic rings. The van der Waals surface area contributed by atoms with Crippen molar-refractivity contribution >= 4 is 11.8 Å². The van der Waals surface area contributed by atoms with Crippen LogP contribution in [0.5, 0.6) is 5.75 Å². The van der Waals surface area contributed by atoms with E-state index in [2.05, 4.69) is 5.32 Å². The van der Waals surface area contributed by atoms with E-state index >= 15 is 0 Å². The molecule has 0 aliphatic carbocycles. The average molecular weight is 305 g/mol. The summed E-state index contributed by atoms with van der Waals surface area (Å²) in [6.45, 7) is 2.25. The number of hydrogen-bond donors (Lipinski definition) is 2.